The van der Waals surface area contributed by atoms with Crippen LogP contribution in [-0.4, -0.2) is 6.54 Å². The third-order valence-corrected chi connectivity index (χ3v) is 3.73. The molecule has 1 N–H and O–H groups in total. The van der Waals surface area contributed by atoms with Gasteiger partial charge in [0.2, 0.25) is 0 Å². The molecular weight excluding hydrogens is 266 g/mol. The molecule has 0 bridgehead atoms. The van der Waals surface area contributed by atoms with Gasteiger partial charge in [-0.15, -0.1) is 0 Å². The Kier molecular flexibility index (Phi) is 6.10. The van der Waals surface area contributed by atoms with Crippen molar-refractivity contribution in [3.05, 3.63) is 70.7 Å². The minimum atomic E-state index is 0.396. The number of rotatable bonds is 7. The summed E-state index contributed by atoms with van der Waals surface area (Å²) in [5.74, 6) is 0. The molecule has 0 aliphatic carbocycles. The van der Waals surface area contributed by atoms with E-state index in [0.29, 0.717) is 6.04 Å². The first-order valence-electron chi connectivity index (χ1n) is 7.32. The highest BCUT2D eigenvalue weighted by Crippen LogP contribution is 2.21. The minimum Gasteiger partial charge on any atom is -0.310 e. The SMILES string of the molecule is CCCNC(CCc1ccccc1)c1ccc(Cl)cc1. The van der Waals surface area contributed by atoms with Crippen LogP contribution < -0.4 is 5.32 Å². The van der Waals surface area contributed by atoms with Crippen LogP contribution in [0.1, 0.15) is 36.9 Å². The molecule has 1 nitrogen and oxygen atoms in total. The fourth-order valence-electron chi connectivity index (χ4n) is 2.36. The molecule has 0 aromatic heterocycles. The average molecular weight is 288 g/mol. The van der Waals surface area contributed by atoms with Crippen LogP contribution in [0.25, 0.3) is 0 Å². The van der Waals surface area contributed by atoms with Crippen molar-refractivity contribution in [3.8, 4) is 0 Å². The molecular formula is C18H22ClN. The summed E-state index contributed by atoms with van der Waals surface area (Å²) >= 11 is 5.97. The standard InChI is InChI=1S/C18H22ClN/c1-2-14-20-18(16-9-11-17(19)12-10-16)13-8-15-6-4-3-5-7-15/h3-7,9-12,18,20H,2,8,13-14H2,1H3. The molecule has 0 spiro atoms. The quantitative estimate of drug-likeness (QED) is 0.754. The Morgan fingerprint density at radius 1 is 1.00 bits per heavy atom. The molecule has 0 amide bonds. The van der Waals surface area contributed by atoms with Crippen LogP contribution >= 0.6 is 11.6 Å². The minimum absolute atomic E-state index is 0.396. The van der Waals surface area contributed by atoms with Gasteiger partial charge in [0.15, 0.2) is 0 Å². The Morgan fingerprint density at radius 2 is 1.70 bits per heavy atom. The van der Waals surface area contributed by atoms with Crippen molar-refractivity contribution in [2.24, 2.45) is 0 Å². The predicted octanol–water partition coefficient (Wildman–Crippen LogP) is 5.01. The van der Waals surface area contributed by atoms with Crippen molar-refractivity contribution < 1.29 is 0 Å². The van der Waals surface area contributed by atoms with Crippen molar-refractivity contribution in [2.75, 3.05) is 6.54 Å². The molecule has 2 rings (SSSR count). The third kappa shape index (κ3) is 4.66. The Balaban J connectivity index is 2.01. The molecule has 1 atom stereocenters. The molecule has 0 saturated carbocycles. The van der Waals surface area contributed by atoms with Gasteiger partial charge in [0, 0.05) is 11.1 Å². The van der Waals surface area contributed by atoms with E-state index >= 15 is 0 Å². The van der Waals surface area contributed by atoms with Crippen molar-refractivity contribution in [2.45, 2.75) is 32.2 Å². The van der Waals surface area contributed by atoms with E-state index in [1.54, 1.807) is 0 Å². The van der Waals surface area contributed by atoms with E-state index < -0.39 is 0 Å². The van der Waals surface area contributed by atoms with Crippen LogP contribution in [0.2, 0.25) is 5.02 Å². The van der Waals surface area contributed by atoms with E-state index in [-0.39, 0.29) is 0 Å². The zero-order chi connectivity index (χ0) is 14.2. The van der Waals surface area contributed by atoms with Crippen LogP contribution in [0, 0.1) is 0 Å². The van der Waals surface area contributed by atoms with Crippen LogP contribution in [0.15, 0.2) is 54.6 Å². The third-order valence-electron chi connectivity index (χ3n) is 3.48. The van der Waals surface area contributed by atoms with E-state index in [4.69, 9.17) is 11.6 Å². The zero-order valence-electron chi connectivity index (χ0n) is 12.0. The van der Waals surface area contributed by atoms with Gasteiger partial charge in [0.25, 0.3) is 0 Å². The van der Waals surface area contributed by atoms with E-state index in [0.717, 1.165) is 30.8 Å². The first kappa shape index (κ1) is 15.1. The van der Waals surface area contributed by atoms with Gasteiger partial charge in [-0.3, -0.25) is 0 Å². The van der Waals surface area contributed by atoms with Gasteiger partial charge < -0.3 is 5.32 Å². The highest BCUT2D eigenvalue weighted by molar-refractivity contribution is 6.30. The van der Waals surface area contributed by atoms with E-state index in [1.165, 1.54) is 11.1 Å². The summed E-state index contributed by atoms with van der Waals surface area (Å²) in [5.41, 5.74) is 2.71. The van der Waals surface area contributed by atoms with Crippen molar-refractivity contribution in [3.63, 3.8) is 0 Å². The van der Waals surface area contributed by atoms with Gasteiger partial charge in [0.1, 0.15) is 0 Å². The lowest BCUT2D eigenvalue weighted by Crippen LogP contribution is -2.22. The van der Waals surface area contributed by atoms with Crippen molar-refractivity contribution in [1.82, 2.24) is 5.32 Å². The molecule has 2 aromatic carbocycles. The lowest BCUT2D eigenvalue weighted by atomic mass is 9.99. The molecule has 0 aliphatic heterocycles. The molecule has 20 heavy (non-hydrogen) atoms. The first-order valence-corrected chi connectivity index (χ1v) is 7.70. The maximum Gasteiger partial charge on any atom is 0.0406 e. The summed E-state index contributed by atoms with van der Waals surface area (Å²) in [4.78, 5) is 0. The number of nitrogens with one attached hydrogen (secondary N) is 1. The average Bonchev–Trinajstić information content (AvgIpc) is 2.50. The second kappa shape index (κ2) is 8.08. The second-order valence-corrected chi connectivity index (χ2v) is 5.52. The van der Waals surface area contributed by atoms with Crippen LogP contribution in [0.3, 0.4) is 0 Å². The smallest absolute Gasteiger partial charge is 0.0406 e. The lowest BCUT2D eigenvalue weighted by Gasteiger charge is -2.19. The number of hydrogen-bond donors (Lipinski definition) is 1. The summed E-state index contributed by atoms with van der Waals surface area (Å²) in [6.45, 7) is 3.24. The molecule has 0 radical (unpaired) electrons. The number of benzene rings is 2. The van der Waals surface area contributed by atoms with E-state index in [2.05, 4.69) is 54.7 Å². The molecule has 0 saturated heterocycles. The van der Waals surface area contributed by atoms with Crippen LogP contribution in [0.4, 0.5) is 0 Å². The Hall–Kier alpha value is -1.31. The van der Waals surface area contributed by atoms with Crippen LogP contribution in [-0.2, 0) is 6.42 Å². The number of hydrogen-bond acceptors (Lipinski definition) is 1. The van der Waals surface area contributed by atoms with Crippen molar-refractivity contribution >= 4 is 11.6 Å². The Morgan fingerprint density at radius 3 is 2.35 bits per heavy atom. The maximum absolute atomic E-state index is 5.97. The maximum atomic E-state index is 5.97. The highest BCUT2D eigenvalue weighted by atomic mass is 35.5. The molecule has 0 fully saturated rings. The Bertz CT molecular complexity index is 493. The zero-order valence-corrected chi connectivity index (χ0v) is 12.7. The normalized spacial score (nSPS) is 12.3. The molecule has 2 aromatic rings. The largest absolute Gasteiger partial charge is 0.310 e. The van der Waals surface area contributed by atoms with Gasteiger partial charge >= 0.3 is 0 Å². The summed E-state index contributed by atoms with van der Waals surface area (Å²) < 4.78 is 0. The van der Waals surface area contributed by atoms with Gasteiger partial charge in [-0.1, -0.05) is 61.0 Å². The van der Waals surface area contributed by atoms with E-state index in [1.807, 2.05) is 12.1 Å². The fourth-order valence-corrected chi connectivity index (χ4v) is 2.48. The number of aryl methyl sites for hydroxylation is 1. The van der Waals surface area contributed by atoms with Gasteiger partial charge in [-0.05, 0) is 49.1 Å². The summed E-state index contributed by atoms with van der Waals surface area (Å²) in [5, 5.41) is 4.43. The highest BCUT2D eigenvalue weighted by Gasteiger charge is 2.10. The molecule has 1 unspecified atom stereocenters. The van der Waals surface area contributed by atoms with Crippen molar-refractivity contribution in [1.29, 1.82) is 0 Å². The molecule has 2 heteroatoms. The summed E-state index contributed by atoms with van der Waals surface area (Å²) in [6.07, 6.45) is 3.34. The topological polar surface area (TPSA) is 12.0 Å². The summed E-state index contributed by atoms with van der Waals surface area (Å²) in [6, 6.07) is 19.2. The van der Waals surface area contributed by atoms with Gasteiger partial charge in [-0.25, -0.2) is 0 Å². The van der Waals surface area contributed by atoms with Gasteiger partial charge in [0.05, 0.1) is 0 Å². The monoisotopic (exact) mass is 287 g/mol. The molecule has 106 valence electrons. The number of halogens is 1. The van der Waals surface area contributed by atoms with Crippen LogP contribution in [0.5, 0.6) is 0 Å². The second-order valence-electron chi connectivity index (χ2n) is 5.08. The lowest BCUT2D eigenvalue weighted by molar-refractivity contribution is 0.499. The van der Waals surface area contributed by atoms with E-state index in [9.17, 15) is 0 Å². The predicted molar refractivity (Wildman–Crippen MR) is 87.2 cm³/mol. The molecule has 0 aliphatic rings. The summed E-state index contributed by atoms with van der Waals surface area (Å²) in [7, 11) is 0. The fraction of sp³-hybridized carbons (Fsp3) is 0.333. The Labute approximate surface area is 127 Å². The van der Waals surface area contributed by atoms with Gasteiger partial charge in [-0.2, -0.15) is 0 Å². The molecule has 0 heterocycles. The first-order chi connectivity index (χ1) is 9.79.